The van der Waals surface area contributed by atoms with Crippen molar-refractivity contribution >= 4 is 23.6 Å². The fraction of sp³-hybridized carbons (Fsp3) is 0.0500. The number of ether oxygens (including phenoxy) is 1. The first-order valence-corrected chi connectivity index (χ1v) is 7.83. The minimum absolute atomic E-state index is 0.424. The van der Waals surface area contributed by atoms with Gasteiger partial charge in [0.15, 0.2) is 0 Å². The van der Waals surface area contributed by atoms with Gasteiger partial charge in [-0.2, -0.15) is 0 Å². The molecule has 1 aromatic heterocycles. The smallest absolute Gasteiger partial charge is 0.298 e. The maximum atomic E-state index is 10.7. The first kappa shape index (κ1) is 16.1. The Hall–Kier alpha value is -2.78. The average molecular weight is 339 g/mol. The highest BCUT2D eigenvalue weighted by atomic mass is 35.5. The zero-order chi connectivity index (χ0) is 16.9. The van der Waals surface area contributed by atoms with Crippen LogP contribution in [0.2, 0.25) is 5.02 Å². The maximum absolute atomic E-state index is 10.7. The minimum atomic E-state index is 0.424. The first-order valence-electron chi connectivity index (χ1n) is 7.45. The molecule has 0 atom stereocenters. The van der Waals surface area contributed by atoms with Crippen molar-refractivity contribution < 1.29 is 13.9 Å². The van der Waals surface area contributed by atoms with E-state index in [1.165, 1.54) is 0 Å². The molecule has 0 aliphatic rings. The monoisotopic (exact) mass is 338 g/mol. The van der Waals surface area contributed by atoms with Crippen LogP contribution in [-0.4, -0.2) is 6.47 Å². The maximum Gasteiger partial charge on any atom is 0.298 e. The van der Waals surface area contributed by atoms with Crippen LogP contribution in [0.1, 0.15) is 18.2 Å². The summed E-state index contributed by atoms with van der Waals surface area (Å²) >= 11 is 5.92. The molecular formula is C20H15ClO3. The molecule has 0 fully saturated rings. The van der Waals surface area contributed by atoms with Gasteiger partial charge in [0, 0.05) is 21.7 Å². The van der Waals surface area contributed by atoms with Crippen LogP contribution >= 0.6 is 11.6 Å². The van der Waals surface area contributed by atoms with Gasteiger partial charge in [-0.25, -0.2) is 0 Å². The molecule has 3 nitrogen and oxygen atoms in total. The van der Waals surface area contributed by atoms with Crippen molar-refractivity contribution in [1.29, 1.82) is 0 Å². The van der Waals surface area contributed by atoms with Crippen LogP contribution in [-0.2, 0) is 4.79 Å². The van der Waals surface area contributed by atoms with Gasteiger partial charge in [0.05, 0.1) is 0 Å². The Labute approximate surface area is 145 Å². The lowest BCUT2D eigenvalue weighted by Crippen LogP contribution is -1.94. The molecule has 0 bridgehead atoms. The van der Waals surface area contributed by atoms with Gasteiger partial charge in [0.2, 0.25) is 0 Å². The second-order valence-electron chi connectivity index (χ2n) is 5.08. The summed E-state index contributed by atoms with van der Waals surface area (Å²) in [6.07, 6.45) is 1.93. The second kappa shape index (κ2) is 7.20. The molecule has 0 saturated heterocycles. The molecule has 0 spiro atoms. The minimum Gasteiger partial charge on any atom is -0.456 e. The Morgan fingerprint density at radius 2 is 1.79 bits per heavy atom. The van der Waals surface area contributed by atoms with E-state index in [-0.39, 0.29) is 0 Å². The van der Waals surface area contributed by atoms with Crippen LogP contribution in [0.15, 0.2) is 71.2 Å². The standard InChI is InChI=1S/C20H15ClO3/c1-2-16(17-5-3-4-6-19(17)23-13-22)20-12-11-18(24-20)14-7-9-15(21)10-8-14/h2-13H,1H3/b16-2+. The molecule has 0 saturated carbocycles. The summed E-state index contributed by atoms with van der Waals surface area (Å²) in [5, 5.41) is 0.680. The number of allylic oxidation sites excluding steroid dienone is 1. The molecule has 4 heteroatoms. The van der Waals surface area contributed by atoms with Crippen molar-refractivity contribution in [1.82, 2.24) is 0 Å². The molecule has 1 heterocycles. The molecule has 3 rings (SSSR count). The number of benzene rings is 2. The van der Waals surface area contributed by atoms with Gasteiger partial charge in [-0.3, -0.25) is 4.79 Å². The number of carbonyl (C=O) groups excluding carboxylic acids is 1. The molecular weight excluding hydrogens is 324 g/mol. The van der Waals surface area contributed by atoms with E-state index in [4.69, 9.17) is 20.8 Å². The van der Waals surface area contributed by atoms with Crippen LogP contribution in [0, 0.1) is 0 Å². The number of hydrogen-bond acceptors (Lipinski definition) is 3. The number of rotatable bonds is 5. The zero-order valence-electron chi connectivity index (χ0n) is 13.0. The Morgan fingerprint density at radius 1 is 1.04 bits per heavy atom. The Morgan fingerprint density at radius 3 is 2.50 bits per heavy atom. The van der Waals surface area contributed by atoms with Crippen LogP contribution in [0.5, 0.6) is 5.75 Å². The molecule has 0 radical (unpaired) electrons. The van der Waals surface area contributed by atoms with Crippen molar-refractivity contribution in [3.8, 4) is 17.1 Å². The van der Waals surface area contributed by atoms with Crippen LogP contribution < -0.4 is 4.74 Å². The summed E-state index contributed by atoms with van der Waals surface area (Å²) in [5.41, 5.74) is 2.59. The summed E-state index contributed by atoms with van der Waals surface area (Å²) in [6, 6.07) is 18.6. The SMILES string of the molecule is C/C=C(/c1ccc(-c2ccc(Cl)cc2)o1)c1ccccc1OC=O. The third kappa shape index (κ3) is 3.26. The summed E-state index contributed by atoms with van der Waals surface area (Å²) < 4.78 is 11.1. The third-order valence-electron chi connectivity index (χ3n) is 3.64. The predicted molar refractivity (Wildman–Crippen MR) is 95.0 cm³/mol. The number of hydrogen-bond donors (Lipinski definition) is 0. The summed E-state index contributed by atoms with van der Waals surface area (Å²) in [5.74, 6) is 1.93. The number of para-hydroxylation sites is 1. The Balaban J connectivity index is 1.99. The van der Waals surface area contributed by atoms with Crippen molar-refractivity contribution in [2.45, 2.75) is 6.92 Å². The van der Waals surface area contributed by atoms with E-state index < -0.39 is 0 Å². The van der Waals surface area contributed by atoms with Gasteiger partial charge in [0.25, 0.3) is 6.47 Å². The van der Waals surface area contributed by atoms with Gasteiger partial charge >= 0.3 is 0 Å². The normalized spacial score (nSPS) is 11.3. The molecule has 0 aliphatic carbocycles. The van der Waals surface area contributed by atoms with Gasteiger partial charge in [0.1, 0.15) is 17.3 Å². The summed E-state index contributed by atoms with van der Waals surface area (Å²) in [7, 11) is 0. The molecule has 3 aromatic rings. The summed E-state index contributed by atoms with van der Waals surface area (Å²) in [6.45, 7) is 2.34. The van der Waals surface area contributed by atoms with Gasteiger partial charge in [-0.05, 0) is 49.4 Å². The van der Waals surface area contributed by atoms with Crippen LogP contribution in [0.25, 0.3) is 16.9 Å². The topological polar surface area (TPSA) is 39.4 Å². The quantitative estimate of drug-likeness (QED) is 0.569. The second-order valence-corrected chi connectivity index (χ2v) is 5.52. The van der Waals surface area contributed by atoms with Crippen LogP contribution in [0.4, 0.5) is 0 Å². The molecule has 0 amide bonds. The average Bonchev–Trinajstić information content (AvgIpc) is 3.08. The highest BCUT2D eigenvalue weighted by molar-refractivity contribution is 6.30. The fourth-order valence-electron chi connectivity index (χ4n) is 2.53. The highest BCUT2D eigenvalue weighted by Gasteiger charge is 2.14. The Kier molecular flexibility index (Phi) is 4.82. The van der Waals surface area contributed by atoms with E-state index in [1.54, 1.807) is 6.07 Å². The van der Waals surface area contributed by atoms with E-state index in [1.807, 2.05) is 67.6 Å². The zero-order valence-corrected chi connectivity index (χ0v) is 13.8. The van der Waals surface area contributed by atoms with E-state index in [9.17, 15) is 4.79 Å². The molecule has 0 unspecified atom stereocenters. The molecule has 2 aromatic carbocycles. The molecule has 0 N–H and O–H groups in total. The van der Waals surface area contributed by atoms with E-state index in [0.717, 1.165) is 22.5 Å². The largest absolute Gasteiger partial charge is 0.456 e. The fourth-order valence-corrected chi connectivity index (χ4v) is 2.65. The van der Waals surface area contributed by atoms with Crippen molar-refractivity contribution in [2.24, 2.45) is 0 Å². The lowest BCUT2D eigenvalue weighted by atomic mass is 10.0. The molecule has 0 aliphatic heterocycles. The van der Waals surface area contributed by atoms with Crippen molar-refractivity contribution in [3.63, 3.8) is 0 Å². The van der Waals surface area contributed by atoms with Gasteiger partial charge in [-0.1, -0.05) is 35.9 Å². The lowest BCUT2D eigenvalue weighted by Gasteiger charge is -2.09. The number of carbonyl (C=O) groups is 1. The lowest BCUT2D eigenvalue weighted by molar-refractivity contribution is -0.120. The molecule has 24 heavy (non-hydrogen) atoms. The van der Waals surface area contributed by atoms with Crippen molar-refractivity contribution in [2.75, 3.05) is 0 Å². The van der Waals surface area contributed by atoms with E-state index in [0.29, 0.717) is 23.0 Å². The summed E-state index contributed by atoms with van der Waals surface area (Å²) in [4.78, 5) is 10.7. The number of furan rings is 1. The van der Waals surface area contributed by atoms with Gasteiger partial charge in [-0.15, -0.1) is 0 Å². The highest BCUT2D eigenvalue weighted by Crippen LogP contribution is 2.34. The molecule has 120 valence electrons. The third-order valence-corrected chi connectivity index (χ3v) is 3.89. The predicted octanol–water partition coefficient (Wildman–Crippen LogP) is 5.59. The first-order chi connectivity index (χ1) is 11.7. The van der Waals surface area contributed by atoms with Gasteiger partial charge < -0.3 is 9.15 Å². The Bertz CT molecular complexity index is 876. The van der Waals surface area contributed by atoms with Crippen molar-refractivity contribution in [3.05, 3.63) is 83.1 Å². The van der Waals surface area contributed by atoms with E-state index in [2.05, 4.69) is 0 Å². The van der Waals surface area contributed by atoms with Crippen LogP contribution in [0.3, 0.4) is 0 Å². The number of halogens is 1. The van der Waals surface area contributed by atoms with E-state index >= 15 is 0 Å².